The lowest BCUT2D eigenvalue weighted by molar-refractivity contribution is 0.0993. The molecule has 7 heteroatoms. The van der Waals surface area contributed by atoms with Crippen molar-refractivity contribution in [1.29, 1.82) is 0 Å². The van der Waals surface area contributed by atoms with E-state index < -0.39 is 0 Å². The number of hydrogen-bond acceptors (Lipinski definition) is 6. The summed E-state index contributed by atoms with van der Waals surface area (Å²) >= 11 is 1.37. The van der Waals surface area contributed by atoms with Crippen LogP contribution in [-0.4, -0.2) is 38.4 Å². The van der Waals surface area contributed by atoms with Gasteiger partial charge in [0.1, 0.15) is 5.75 Å². The van der Waals surface area contributed by atoms with E-state index in [1.807, 2.05) is 63.2 Å². The molecule has 27 heavy (non-hydrogen) atoms. The number of nitrogens with zero attached hydrogens (tertiary/aromatic N) is 4. The van der Waals surface area contributed by atoms with Gasteiger partial charge in [0.15, 0.2) is 5.78 Å². The van der Waals surface area contributed by atoms with Crippen LogP contribution < -0.4 is 4.74 Å². The minimum absolute atomic E-state index is 0.0714. The summed E-state index contributed by atoms with van der Waals surface area (Å²) in [5.74, 6) is 0.875. The lowest BCUT2D eigenvalue weighted by Gasteiger charge is -2.11. The number of thioether (sulfide) groups is 1. The van der Waals surface area contributed by atoms with E-state index in [4.69, 9.17) is 4.74 Å². The largest absolute Gasteiger partial charge is 0.497 e. The molecule has 6 nitrogen and oxygen atoms in total. The van der Waals surface area contributed by atoms with Crippen molar-refractivity contribution >= 4 is 17.5 Å². The number of rotatable bonds is 7. The molecule has 140 valence electrons. The van der Waals surface area contributed by atoms with Crippen LogP contribution in [0.1, 0.15) is 34.0 Å². The molecule has 0 aliphatic heterocycles. The molecule has 0 bridgehead atoms. The first kappa shape index (κ1) is 19.1. The van der Waals surface area contributed by atoms with Crippen molar-refractivity contribution in [3.63, 3.8) is 0 Å². The zero-order valence-corrected chi connectivity index (χ0v) is 16.7. The predicted octanol–water partition coefficient (Wildman–Crippen LogP) is 3.71. The molecule has 0 spiro atoms. The molecule has 0 saturated carbocycles. The normalized spacial score (nSPS) is 12.0. The van der Waals surface area contributed by atoms with E-state index in [1.54, 1.807) is 11.8 Å². The molecule has 0 N–H and O–H groups in total. The molecule has 0 amide bonds. The Bertz CT molecular complexity index is 937. The van der Waals surface area contributed by atoms with Crippen LogP contribution in [0.2, 0.25) is 0 Å². The number of tetrazole rings is 1. The summed E-state index contributed by atoms with van der Waals surface area (Å²) in [6.45, 7) is 6.47. The van der Waals surface area contributed by atoms with Gasteiger partial charge in [0.2, 0.25) is 5.16 Å². The first-order valence-corrected chi connectivity index (χ1v) is 9.53. The van der Waals surface area contributed by atoms with Crippen molar-refractivity contribution in [3.8, 4) is 5.75 Å². The predicted molar refractivity (Wildman–Crippen MR) is 105 cm³/mol. The smallest absolute Gasteiger partial charge is 0.210 e. The monoisotopic (exact) mass is 382 g/mol. The molecule has 1 unspecified atom stereocenters. The second-order valence-corrected chi connectivity index (χ2v) is 7.70. The van der Waals surface area contributed by atoms with E-state index in [2.05, 4.69) is 15.5 Å². The Morgan fingerprint density at radius 3 is 2.56 bits per heavy atom. The third kappa shape index (κ3) is 4.54. The maximum absolute atomic E-state index is 12.8. The van der Waals surface area contributed by atoms with Crippen molar-refractivity contribution in [3.05, 3.63) is 64.7 Å². The van der Waals surface area contributed by atoms with Crippen LogP contribution in [-0.2, 0) is 6.54 Å². The number of ketones is 1. The Balaban J connectivity index is 1.71. The summed E-state index contributed by atoms with van der Waals surface area (Å²) in [4.78, 5) is 12.8. The second-order valence-electron chi connectivity index (χ2n) is 6.39. The van der Waals surface area contributed by atoms with Gasteiger partial charge in [-0.15, -0.1) is 5.10 Å². The SMILES string of the molecule is COc1ccc(Cn2nnnc2SC(C)C(=O)c2ccc(C)c(C)c2)cc1. The third-order valence-electron chi connectivity index (χ3n) is 4.43. The number of methoxy groups -OCH3 is 1. The molecule has 0 fully saturated rings. The number of aromatic nitrogens is 4. The highest BCUT2D eigenvalue weighted by molar-refractivity contribution is 8.00. The van der Waals surface area contributed by atoms with Gasteiger partial charge in [-0.1, -0.05) is 36.0 Å². The van der Waals surface area contributed by atoms with Gasteiger partial charge < -0.3 is 4.74 Å². The number of Topliss-reactive ketones (excluding diaryl/α,β-unsaturated/α-hetero) is 1. The molecule has 0 aliphatic rings. The molecule has 1 atom stereocenters. The van der Waals surface area contributed by atoms with Gasteiger partial charge in [0, 0.05) is 5.56 Å². The molecule has 2 aromatic carbocycles. The second kappa shape index (κ2) is 8.35. The Labute approximate surface area is 162 Å². The van der Waals surface area contributed by atoms with Gasteiger partial charge in [-0.25, -0.2) is 4.68 Å². The Hall–Kier alpha value is -2.67. The quantitative estimate of drug-likeness (QED) is 0.458. The number of aryl methyl sites for hydroxylation is 2. The minimum Gasteiger partial charge on any atom is -0.497 e. The van der Waals surface area contributed by atoms with Crippen LogP contribution in [0, 0.1) is 13.8 Å². The van der Waals surface area contributed by atoms with Gasteiger partial charge in [-0.3, -0.25) is 4.79 Å². The van der Waals surface area contributed by atoms with E-state index in [0.717, 1.165) is 16.9 Å². The summed E-state index contributed by atoms with van der Waals surface area (Å²) in [7, 11) is 1.64. The van der Waals surface area contributed by atoms with Crippen LogP contribution in [0.25, 0.3) is 0 Å². The highest BCUT2D eigenvalue weighted by Crippen LogP contribution is 2.25. The lowest BCUT2D eigenvalue weighted by atomic mass is 10.0. The lowest BCUT2D eigenvalue weighted by Crippen LogP contribution is -2.15. The van der Waals surface area contributed by atoms with Gasteiger partial charge in [0.05, 0.1) is 18.9 Å². The topological polar surface area (TPSA) is 69.9 Å². The number of carbonyl (C=O) groups excluding carboxylic acids is 1. The Kier molecular flexibility index (Phi) is 5.91. The summed E-state index contributed by atoms with van der Waals surface area (Å²) in [6.07, 6.45) is 0. The average molecular weight is 382 g/mol. The standard InChI is InChI=1S/C20H22N4O2S/c1-13-5-8-17(11-14(13)2)19(25)15(3)27-20-21-22-23-24(20)12-16-6-9-18(26-4)10-7-16/h5-11,15H,12H2,1-4H3. The summed E-state index contributed by atoms with van der Waals surface area (Å²) in [5, 5.41) is 12.2. The summed E-state index contributed by atoms with van der Waals surface area (Å²) in [6, 6.07) is 13.5. The summed E-state index contributed by atoms with van der Waals surface area (Å²) in [5.41, 5.74) is 4.06. The van der Waals surface area contributed by atoms with Crippen LogP contribution in [0.5, 0.6) is 5.75 Å². The van der Waals surface area contributed by atoms with Gasteiger partial charge >= 0.3 is 0 Å². The van der Waals surface area contributed by atoms with E-state index in [-0.39, 0.29) is 11.0 Å². The average Bonchev–Trinajstić information content (AvgIpc) is 3.10. The molecular formula is C20H22N4O2S. The molecule has 0 aliphatic carbocycles. The molecule has 0 saturated heterocycles. The van der Waals surface area contributed by atoms with Crippen molar-refractivity contribution in [2.45, 2.75) is 37.7 Å². The molecule has 0 radical (unpaired) electrons. The van der Waals surface area contributed by atoms with E-state index in [0.29, 0.717) is 17.3 Å². The van der Waals surface area contributed by atoms with E-state index in [1.165, 1.54) is 17.3 Å². The van der Waals surface area contributed by atoms with Crippen LogP contribution >= 0.6 is 11.8 Å². The minimum atomic E-state index is -0.285. The molecule has 3 aromatic rings. The van der Waals surface area contributed by atoms with Gasteiger partial charge in [0.25, 0.3) is 0 Å². The number of benzene rings is 2. The molecule has 3 rings (SSSR count). The molecule has 1 heterocycles. The first-order valence-electron chi connectivity index (χ1n) is 8.65. The maximum atomic E-state index is 12.8. The highest BCUT2D eigenvalue weighted by Gasteiger charge is 2.20. The molecule has 1 aromatic heterocycles. The van der Waals surface area contributed by atoms with Crippen molar-refractivity contribution in [2.24, 2.45) is 0 Å². The number of hydrogen-bond donors (Lipinski definition) is 0. The van der Waals surface area contributed by atoms with E-state index >= 15 is 0 Å². The van der Waals surface area contributed by atoms with E-state index in [9.17, 15) is 4.79 Å². The number of carbonyl (C=O) groups is 1. The molecular weight excluding hydrogens is 360 g/mol. The summed E-state index contributed by atoms with van der Waals surface area (Å²) < 4.78 is 6.88. The first-order chi connectivity index (χ1) is 13.0. The third-order valence-corrected chi connectivity index (χ3v) is 5.50. The van der Waals surface area contributed by atoms with Crippen LogP contribution in [0.15, 0.2) is 47.6 Å². The maximum Gasteiger partial charge on any atom is 0.210 e. The van der Waals surface area contributed by atoms with Gasteiger partial charge in [-0.05, 0) is 66.1 Å². The van der Waals surface area contributed by atoms with Crippen LogP contribution in [0.4, 0.5) is 0 Å². The van der Waals surface area contributed by atoms with Crippen molar-refractivity contribution < 1.29 is 9.53 Å². The van der Waals surface area contributed by atoms with Crippen molar-refractivity contribution in [1.82, 2.24) is 20.2 Å². The van der Waals surface area contributed by atoms with Crippen molar-refractivity contribution in [2.75, 3.05) is 7.11 Å². The zero-order chi connectivity index (χ0) is 19.4. The number of ether oxygens (including phenoxy) is 1. The fourth-order valence-corrected chi connectivity index (χ4v) is 3.49. The van der Waals surface area contributed by atoms with Gasteiger partial charge in [-0.2, -0.15) is 0 Å². The Morgan fingerprint density at radius 2 is 1.89 bits per heavy atom. The zero-order valence-electron chi connectivity index (χ0n) is 15.8. The van der Waals surface area contributed by atoms with Crippen LogP contribution in [0.3, 0.4) is 0 Å². The Morgan fingerprint density at radius 1 is 1.15 bits per heavy atom. The highest BCUT2D eigenvalue weighted by atomic mass is 32.2. The fraction of sp³-hybridized carbons (Fsp3) is 0.300. The fourth-order valence-electron chi connectivity index (χ4n) is 2.62.